The summed E-state index contributed by atoms with van der Waals surface area (Å²) in [6, 6.07) is 7.56. The number of amides is 1. The van der Waals surface area contributed by atoms with Crippen molar-refractivity contribution < 1.29 is 9.18 Å². The molecule has 0 saturated carbocycles. The number of nitrogens with two attached hydrogens (primary N) is 1. The number of carbonyl (C=O) groups is 1. The second kappa shape index (κ2) is 6.29. The predicted molar refractivity (Wildman–Crippen MR) is 74.8 cm³/mol. The van der Waals surface area contributed by atoms with Crippen molar-refractivity contribution in [1.29, 1.82) is 0 Å². The molecule has 0 aliphatic rings. The Bertz CT molecular complexity index is 682. The molecule has 20 heavy (non-hydrogen) atoms. The van der Waals surface area contributed by atoms with Gasteiger partial charge >= 0.3 is 0 Å². The van der Waals surface area contributed by atoms with Crippen molar-refractivity contribution in [2.75, 3.05) is 13.1 Å². The molecule has 1 aromatic heterocycles. The fourth-order valence-electron chi connectivity index (χ4n) is 2.05. The molecule has 0 bridgehead atoms. The van der Waals surface area contributed by atoms with Gasteiger partial charge in [-0.25, -0.2) is 4.39 Å². The van der Waals surface area contributed by atoms with Crippen LogP contribution in [0, 0.1) is 5.82 Å². The van der Waals surface area contributed by atoms with Gasteiger partial charge in [0.15, 0.2) is 0 Å². The van der Waals surface area contributed by atoms with Crippen LogP contribution in [0.1, 0.15) is 6.42 Å². The van der Waals surface area contributed by atoms with Crippen LogP contribution in [0.4, 0.5) is 4.39 Å². The van der Waals surface area contributed by atoms with Gasteiger partial charge in [0.05, 0.1) is 5.52 Å². The lowest BCUT2D eigenvalue weighted by molar-refractivity contribution is -0.121. The highest BCUT2D eigenvalue weighted by atomic mass is 19.1. The minimum atomic E-state index is -0.470. The van der Waals surface area contributed by atoms with Gasteiger partial charge in [-0.05, 0) is 12.1 Å². The van der Waals surface area contributed by atoms with Gasteiger partial charge in [0.2, 0.25) is 5.91 Å². The monoisotopic (exact) mass is 277 g/mol. The maximum absolute atomic E-state index is 13.9. The zero-order valence-electron chi connectivity index (χ0n) is 10.9. The molecule has 1 heterocycles. The largest absolute Gasteiger partial charge is 0.355 e. The number of aryl methyl sites for hydroxylation is 1. The third-order valence-corrected chi connectivity index (χ3v) is 2.99. The maximum Gasteiger partial charge on any atom is 0.251 e. The molecular weight excluding hydrogens is 261 g/mol. The average Bonchev–Trinajstić information content (AvgIpc) is 2.44. The summed E-state index contributed by atoms with van der Waals surface area (Å²) < 4.78 is 15.2. The van der Waals surface area contributed by atoms with Crippen molar-refractivity contribution in [2.45, 2.75) is 13.0 Å². The number of para-hydroxylation sites is 1. The van der Waals surface area contributed by atoms with Crippen molar-refractivity contribution in [3.8, 4) is 0 Å². The van der Waals surface area contributed by atoms with E-state index in [4.69, 9.17) is 5.73 Å². The van der Waals surface area contributed by atoms with Crippen LogP contribution < -0.4 is 16.6 Å². The summed E-state index contributed by atoms with van der Waals surface area (Å²) in [5.41, 5.74) is 5.19. The van der Waals surface area contributed by atoms with E-state index < -0.39 is 5.82 Å². The molecule has 106 valence electrons. The lowest BCUT2D eigenvalue weighted by Crippen LogP contribution is -2.31. The lowest BCUT2D eigenvalue weighted by Gasteiger charge is -2.10. The number of hydrogen-bond acceptors (Lipinski definition) is 3. The molecule has 0 radical (unpaired) electrons. The number of aromatic nitrogens is 1. The second-order valence-corrected chi connectivity index (χ2v) is 4.39. The Morgan fingerprint density at radius 2 is 2.10 bits per heavy atom. The zero-order valence-corrected chi connectivity index (χ0v) is 10.9. The molecule has 0 saturated heterocycles. The Hall–Kier alpha value is -2.21. The van der Waals surface area contributed by atoms with Crippen LogP contribution in [-0.2, 0) is 11.3 Å². The third kappa shape index (κ3) is 3.03. The molecule has 2 rings (SSSR count). The lowest BCUT2D eigenvalue weighted by atomic mass is 10.2. The van der Waals surface area contributed by atoms with Gasteiger partial charge in [0.1, 0.15) is 5.82 Å². The Balaban J connectivity index is 2.27. The molecule has 0 fully saturated rings. The Morgan fingerprint density at radius 3 is 2.85 bits per heavy atom. The van der Waals surface area contributed by atoms with Gasteiger partial charge in [0, 0.05) is 37.5 Å². The van der Waals surface area contributed by atoms with Gasteiger partial charge in [-0.2, -0.15) is 0 Å². The van der Waals surface area contributed by atoms with Crippen LogP contribution in [0.3, 0.4) is 0 Å². The van der Waals surface area contributed by atoms with Gasteiger partial charge in [0.25, 0.3) is 5.56 Å². The molecule has 0 aliphatic carbocycles. The van der Waals surface area contributed by atoms with Gasteiger partial charge < -0.3 is 15.6 Å². The van der Waals surface area contributed by atoms with E-state index >= 15 is 0 Å². The van der Waals surface area contributed by atoms with Crippen molar-refractivity contribution >= 4 is 16.8 Å². The summed E-state index contributed by atoms with van der Waals surface area (Å²) in [4.78, 5) is 23.4. The highest BCUT2D eigenvalue weighted by Gasteiger charge is 2.09. The SMILES string of the molecule is NCCNC(=O)CCn1c(=O)ccc2cccc(F)c21. The number of nitrogens with zero attached hydrogens (tertiary/aromatic N) is 1. The highest BCUT2D eigenvalue weighted by molar-refractivity contribution is 5.80. The number of fused-ring (bicyclic) bond motifs is 1. The number of rotatable bonds is 5. The van der Waals surface area contributed by atoms with E-state index in [-0.39, 0.29) is 29.9 Å². The molecule has 0 aliphatic heterocycles. The summed E-state index contributed by atoms with van der Waals surface area (Å²) in [5, 5.41) is 3.24. The first-order chi connectivity index (χ1) is 9.63. The molecule has 0 spiro atoms. The number of hydrogen-bond donors (Lipinski definition) is 2. The van der Waals surface area contributed by atoms with Crippen LogP contribution in [0.2, 0.25) is 0 Å². The number of halogens is 1. The normalized spacial score (nSPS) is 10.7. The quantitative estimate of drug-likeness (QED) is 0.840. The van der Waals surface area contributed by atoms with E-state index in [0.717, 1.165) is 0 Å². The predicted octanol–water partition coefficient (Wildman–Crippen LogP) is 0.606. The van der Waals surface area contributed by atoms with Crippen molar-refractivity contribution in [3.05, 3.63) is 46.5 Å². The van der Waals surface area contributed by atoms with E-state index in [1.807, 2.05) is 0 Å². The molecular formula is C14H16FN3O2. The molecule has 6 heteroatoms. The van der Waals surface area contributed by atoms with Gasteiger partial charge in [-0.15, -0.1) is 0 Å². The molecule has 0 unspecified atom stereocenters. The van der Waals surface area contributed by atoms with E-state index in [1.54, 1.807) is 18.2 Å². The number of benzene rings is 1. The standard InChI is InChI=1S/C14H16FN3O2/c15-11-3-1-2-10-4-5-13(20)18(14(10)11)9-6-12(19)17-8-7-16/h1-5H,6-9,16H2,(H,17,19). The molecule has 5 nitrogen and oxygen atoms in total. The van der Waals surface area contributed by atoms with E-state index in [9.17, 15) is 14.0 Å². The Morgan fingerprint density at radius 1 is 1.30 bits per heavy atom. The fourth-order valence-corrected chi connectivity index (χ4v) is 2.05. The van der Waals surface area contributed by atoms with Crippen molar-refractivity contribution in [2.24, 2.45) is 5.73 Å². The minimum Gasteiger partial charge on any atom is -0.355 e. The number of pyridine rings is 1. The van der Waals surface area contributed by atoms with Crippen LogP contribution in [0.15, 0.2) is 35.1 Å². The van der Waals surface area contributed by atoms with E-state index in [0.29, 0.717) is 18.5 Å². The van der Waals surface area contributed by atoms with Gasteiger partial charge in [-0.1, -0.05) is 12.1 Å². The summed E-state index contributed by atoms with van der Waals surface area (Å²) in [6.45, 7) is 0.875. The Kier molecular flexibility index (Phi) is 4.47. The van der Waals surface area contributed by atoms with Gasteiger partial charge in [-0.3, -0.25) is 9.59 Å². The molecule has 0 atom stereocenters. The van der Waals surface area contributed by atoms with Crippen molar-refractivity contribution in [1.82, 2.24) is 9.88 Å². The highest BCUT2D eigenvalue weighted by Crippen LogP contribution is 2.15. The summed E-state index contributed by atoms with van der Waals surface area (Å²) in [6.07, 6.45) is 0.105. The second-order valence-electron chi connectivity index (χ2n) is 4.39. The summed E-state index contributed by atoms with van der Waals surface area (Å²) in [5.74, 6) is -0.682. The summed E-state index contributed by atoms with van der Waals surface area (Å²) >= 11 is 0. The first-order valence-electron chi connectivity index (χ1n) is 6.38. The third-order valence-electron chi connectivity index (χ3n) is 2.99. The van der Waals surface area contributed by atoms with Crippen LogP contribution >= 0.6 is 0 Å². The Labute approximate surface area is 115 Å². The smallest absolute Gasteiger partial charge is 0.251 e. The van der Waals surface area contributed by atoms with Crippen LogP contribution in [0.25, 0.3) is 10.9 Å². The van der Waals surface area contributed by atoms with Crippen molar-refractivity contribution in [3.63, 3.8) is 0 Å². The fraction of sp³-hybridized carbons (Fsp3) is 0.286. The zero-order chi connectivity index (χ0) is 14.5. The molecule has 1 aromatic carbocycles. The first kappa shape index (κ1) is 14.2. The molecule has 1 amide bonds. The topological polar surface area (TPSA) is 77.1 Å². The molecule has 3 N–H and O–H groups in total. The molecule has 2 aromatic rings. The average molecular weight is 277 g/mol. The summed E-state index contributed by atoms with van der Waals surface area (Å²) in [7, 11) is 0. The maximum atomic E-state index is 13.9. The van der Waals surface area contributed by atoms with Crippen LogP contribution in [0.5, 0.6) is 0 Å². The number of carbonyl (C=O) groups excluding carboxylic acids is 1. The van der Waals surface area contributed by atoms with E-state index in [2.05, 4.69) is 5.32 Å². The minimum absolute atomic E-state index is 0.105. The number of nitrogens with one attached hydrogen (secondary N) is 1. The van der Waals surface area contributed by atoms with E-state index in [1.165, 1.54) is 16.7 Å². The first-order valence-corrected chi connectivity index (χ1v) is 6.38. The van der Waals surface area contributed by atoms with Crippen LogP contribution in [-0.4, -0.2) is 23.6 Å².